The molecule has 0 N–H and O–H groups in total. The molecule has 0 aromatic heterocycles. The molecule has 0 amide bonds. The molecule has 4 heteroatoms. The van der Waals surface area contributed by atoms with E-state index in [9.17, 15) is 0 Å². The second-order valence-corrected chi connectivity index (χ2v) is 11.9. The lowest BCUT2D eigenvalue weighted by Crippen LogP contribution is -2.19. The van der Waals surface area contributed by atoms with Crippen molar-refractivity contribution in [2.24, 2.45) is 0 Å². The molecule has 2 aromatic carbocycles. The zero-order valence-corrected chi connectivity index (χ0v) is 29.2. The van der Waals surface area contributed by atoms with E-state index in [0.29, 0.717) is 12.0 Å². The van der Waals surface area contributed by atoms with Crippen LogP contribution in [0.4, 0.5) is 0 Å². The van der Waals surface area contributed by atoms with E-state index in [0.717, 1.165) is 12.8 Å². The third kappa shape index (κ3) is 30.1. The fourth-order valence-corrected chi connectivity index (χ4v) is 3.25. The fourth-order valence-electron chi connectivity index (χ4n) is 3.25. The third-order valence-electron chi connectivity index (χ3n) is 5.67. The Bertz CT molecular complexity index is 786. The van der Waals surface area contributed by atoms with Gasteiger partial charge in [-0.05, 0) is 76.0 Å². The Morgan fingerprint density at radius 2 is 1.48 bits per heavy atom. The Labute approximate surface area is 269 Å². The molecule has 2 atom stereocenters. The first-order valence-corrected chi connectivity index (χ1v) is 18.2. The van der Waals surface area contributed by atoms with Gasteiger partial charge in [0.05, 0.1) is 5.60 Å². The van der Waals surface area contributed by atoms with E-state index < -0.39 is 0 Å². The van der Waals surface area contributed by atoms with Crippen molar-refractivity contribution < 1.29 is 4.74 Å². The van der Waals surface area contributed by atoms with Gasteiger partial charge in [-0.2, -0.15) is 0 Å². The lowest BCUT2D eigenvalue weighted by Gasteiger charge is -2.24. The second kappa shape index (κ2) is 34.3. The Hall–Kier alpha value is -0.895. The summed E-state index contributed by atoms with van der Waals surface area (Å²) in [7, 11) is 6.63. The molecule has 0 aliphatic heterocycles. The molecule has 40 heavy (non-hydrogen) atoms. The van der Waals surface area contributed by atoms with Gasteiger partial charge in [-0.3, -0.25) is 0 Å². The summed E-state index contributed by atoms with van der Waals surface area (Å²) in [5, 5.41) is 0. The quantitative estimate of drug-likeness (QED) is 0.105. The Morgan fingerprint density at radius 3 is 1.82 bits per heavy atom. The van der Waals surface area contributed by atoms with Crippen LogP contribution in [-0.2, 0) is 16.8 Å². The lowest BCUT2D eigenvalue weighted by molar-refractivity contribution is 0.0191. The van der Waals surface area contributed by atoms with Gasteiger partial charge < -0.3 is 4.74 Å². The monoisotopic (exact) mass is 682 g/mol. The molecule has 230 valence electrons. The molecule has 2 unspecified atom stereocenters. The van der Waals surface area contributed by atoms with Gasteiger partial charge in [0, 0.05) is 7.11 Å². The Balaban J connectivity index is -0.000000188. The molecule has 2 rings (SSSR count). The Morgan fingerprint density at radius 1 is 1.00 bits per heavy atom. The van der Waals surface area contributed by atoms with E-state index in [-0.39, 0.29) is 20.5 Å². The van der Waals surface area contributed by atoms with Crippen molar-refractivity contribution in [3.05, 3.63) is 96.1 Å². The first-order chi connectivity index (χ1) is 18.0. The topological polar surface area (TPSA) is 9.23 Å². The first-order valence-electron chi connectivity index (χ1n) is 14.0. The largest absolute Gasteiger partial charge is 0.374 e. The maximum atomic E-state index is 5.59. The number of unbranched alkanes of at least 4 members (excludes halogenated alkanes) is 2. The maximum absolute atomic E-state index is 5.59. The van der Waals surface area contributed by atoms with Crippen LogP contribution in [0.25, 0.3) is 0 Å². The highest BCUT2D eigenvalue weighted by Crippen LogP contribution is 2.27. The van der Waals surface area contributed by atoms with Gasteiger partial charge in [0.2, 0.25) is 0 Å². The average Bonchev–Trinajstić information content (AvgIpc) is 2.91. The number of benzene rings is 2. The number of halogens is 1. The van der Waals surface area contributed by atoms with E-state index in [1.807, 2.05) is 19.9 Å². The number of ether oxygens (including phenoxy) is 1. The van der Waals surface area contributed by atoms with Crippen LogP contribution in [0.5, 0.6) is 0 Å². The molecule has 0 saturated carbocycles. The number of allylic oxidation sites excluding steroid dienone is 2. The normalized spacial score (nSPS) is 10.2. The molecular weight excluding hydrogens is 617 g/mol. The van der Waals surface area contributed by atoms with Gasteiger partial charge in [-0.1, -0.05) is 150 Å². The van der Waals surface area contributed by atoms with Crippen molar-refractivity contribution in [1.82, 2.24) is 0 Å². The van der Waals surface area contributed by atoms with Crippen molar-refractivity contribution in [1.29, 1.82) is 0 Å². The summed E-state index contributed by atoms with van der Waals surface area (Å²) in [6.07, 6.45) is 11.1. The minimum atomic E-state index is -0.223. The minimum absolute atomic E-state index is 0. The van der Waals surface area contributed by atoms with Crippen LogP contribution in [0.2, 0.25) is 0 Å². The Kier molecular flexibility index (Phi) is 41.9. The number of rotatable bonds is 10. The third-order valence-corrected chi connectivity index (χ3v) is 5.67. The van der Waals surface area contributed by atoms with Crippen molar-refractivity contribution in [3.63, 3.8) is 0 Å². The SMILES string of the molecule is C.C.C=C(C)C.C=CCC.CCC(CCc1cccc(C(C)(C)OC)c1)c1ccccc1.CCCCC.[B]PI. The number of aryl methyl sites for hydroxylation is 1. The highest BCUT2D eigenvalue weighted by molar-refractivity contribution is 14.2. The van der Waals surface area contributed by atoms with Crippen molar-refractivity contribution in [2.75, 3.05) is 7.11 Å². The molecular formula is C36H65BIOP. The molecule has 1 nitrogen and oxygen atoms in total. The molecule has 0 spiro atoms. The number of hydrogen-bond acceptors (Lipinski definition) is 1. The van der Waals surface area contributed by atoms with Gasteiger partial charge in [0.25, 0.3) is 0 Å². The zero-order chi connectivity index (χ0) is 29.8. The predicted molar refractivity (Wildman–Crippen MR) is 202 cm³/mol. The average molecular weight is 683 g/mol. The summed E-state index contributed by atoms with van der Waals surface area (Å²) in [6.45, 7) is 24.0. The summed E-state index contributed by atoms with van der Waals surface area (Å²) < 4.78 is 5.59. The highest BCUT2D eigenvalue weighted by atomic mass is 127. The maximum Gasteiger partial charge on any atom is 0.118 e. The minimum Gasteiger partial charge on any atom is -0.374 e. The van der Waals surface area contributed by atoms with Gasteiger partial charge in [-0.25, -0.2) is 0 Å². The highest BCUT2D eigenvalue weighted by Gasteiger charge is 2.19. The lowest BCUT2D eigenvalue weighted by atomic mass is 9.89. The van der Waals surface area contributed by atoms with Gasteiger partial charge in [-0.15, -0.1) is 19.3 Å². The number of hydrogen-bond donors (Lipinski definition) is 0. The van der Waals surface area contributed by atoms with Crippen LogP contribution in [0.3, 0.4) is 0 Å². The smallest absolute Gasteiger partial charge is 0.118 e. The summed E-state index contributed by atoms with van der Waals surface area (Å²) >= 11 is 2.09. The molecule has 0 saturated heterocycles. The van der Waals surface area contributed by atoms with Gasteiger partial charge in [0.15, 0.2) is 0 Å². The molecule has 0 aliphatic carbocycles. The van der Waals surface area contributed by atoms with Crippen LogP contribution in [-0.4, -0.2) is 14.7 Å². The van der Waals surface area contributed by atoms with Crippen molar-refractivity contribution in [2.45, 2.75) is 127 Å². The zero-order valence-electron chi connectivity index (χ0n) is 26.1. The molecule has 0 fully saturated rings. The van der Waals surface area contributed by atoms with Crippen molar-refractivity contribution in [3.8, 4) is 0 Å². The summed E-state index contributed by atoms with van der Waals surface area (Å²) in [6, 6.07) is 19.7. The van der Waals surface area contributed by atoms with E-state index in [4.69, 9.17) is 12.3 Å². The van der Waals surface area contributed by atoms with E-state index in [1.54, 1.807) is 7.11 Å². The van der Waals surface area contributed by atoms with Crippen LogP contribution in [0.15, 0.2) is 79.4 Å². The summed E-state index contributed by atoms with van der Waals surface area (Å²) in [5.41, 5.74) is 5.05. The van der Waals surface area contributed by atoms with E-state index in [2.05, 4.69) is 131 Å². The van der Waals surface area contributed by atoms with E-state index in [1.165, 1.54) is 54.4 Å². The van der Waals surface area contributed by atoms with Crippen LogP contribution >= 0.6 is 28.1 Å². The van der Waals surface area contributed by atoms with Gasteiger partial charge >= 0.3 is 0 Å². The molecule has 0 heterocycles. The first kappa shape index (κ1) is 48.8. The molecule has 0 aliphatic rings. The van der Waals surface area contributed by atoms with Crippen LogP contribution in [0.1, 0.15) is 131 Å². The molecule has 0 bridgehead atoms. The second-order valence-electron chi connectivity index (χ2n) is 9.84. The standard InChI is InChI=1S/C21H28O.C5H12.2C4H8.2CH4.BHIP/c1-5-18(19-11-7-6-8-12-19)15-14-17-10-9-13-20(16-17)21(2,3)22-4;1-3-5-4-2;1-4(2)3;1-3-4-2;;;1-3-2/h6-13,16,18H,5,14-15H2,1-4H3;3-5H2,1-2H3;1H2,2-3H3;3H,1,4H2,2H3;2*1H4;3H. The summed E-state index contributed by atoms with van der Waals surface area (Å²) in [4.78, 5) is 0. The predicted octanol–water partition coefficient (Wildman–Crippen LogP) is 13.4. The molecule has 2 radical (unpaired) electrons. The van der Waals surface area contributed by atoms with Crippen LogP contribution < -0.4 is 0 Å². The number of methoxy groups -OCH3 is 1. The van der Waals surface area contributed by atoms with Crippen LogP contribution in [0, 0.1) is 0 Å². The fraction of sp³-hybridized carbons (Fsp3) is 0.556. The summed E-state index contributed by atoms with van der Waals surface area (Å²) in [5.74, 6) is 0.639. The van der Waals surface area contributed by atoms with Gasteiger partial charge in [0.1, 0.15) is 7.57 Å². The molecule has 2 aromatic rings. The van der Waals surface area contributed by atoms with Crippen molar-refractivity contribution >= 4 is 35.7 Å². The van der Waals surface area contributed by atoms with E-state index >= 15 is 0 Å².